The van der Waals surface area contributed by atoms with Gasteiger partial charge in [-0.3, -0.25) is 15.0 Å². The topological polar surface area (TPSA) is 118 Å². The molecule has 10 nitrogen and oxygen atoms in total. The van der Waals surface area contributed by atoms with Gasteiger partial charge in [-0.15, -0.1) is 0 Å². The number of hydrazine groups is 1. The lowest BCUT2D eigenvalue weighted by molar-refractivity contribution is -0.132. The number of aromatic nitrogens is 3. The van der Waals surface area contributed by atoms with E-state index in [1.54, 1.807) is 55.1 Å². The van der Waals surface area contributed by atoms with Gasteiger partial charge in [0.1, 0.15) is 11.3 Å². The molecule has 1 unspecified atom stereocenters. The molecule has 0 bridgehead atoms. The molecule has 0 saturated carbocycles. The Bertz CT molecular complexity index is 1540. The number of pyridine rings is 1. The minimum atomic E-state index is -1.37. The quantitative estimate of drug-likeness (QED) is 0.394. The number of fused-ring (bicyclic) bond motifs is 1. The zero-order chi connectivity index (χ0) is 26.3. The monoisotopic (exact) mass is 498 g/mol. The van der Waals surface area contributed by atoms with Crippen molar-refractivity contribution in [3.8, 4) is 5.75 Å². The number of aryl methyl sites for hydroxylation is 2. The van der Waals surface area contributed by atoms with E-state index in [0.29, 0.717) is 39.6 Å². The van der Waals surface area contributed by atoms with Crippen molar-refractivity contribution in [3.05, 3.63) is 88.7 Å². The summed E-state index contributed by atoms with van der Waals surface area (Å²) in [6.45, 7) is 5.85. The van der Waals surface area contributed by atoms with Crippen molar-refractivity contribution in [1.29, 1.82) is 0 Å². The smallest absolute Gasteiger partial charge is 0.344 e. The van der Waals surface area contributed by atoms with Gasteiger partial charge in [-0.25, -0.2) is 14.5 Å². The second kappa shape index (κ2) is 9.05. The first-order valence-corrected chi connectivity index (χ1v) is 11.7. The van der Waals surface area contributed by atoms with E-state index in [1.807, 2.05) is 31.2 Å². The number of amides is 4. The third-order valence-electron chi connectivity index (χ3n) is 6.49. The summed E-state index contributed by atoms with van der Waals surface area (Å²) in [5, 5.41) is 8.34. The average molecular weight is 499 g/mol. The lowest BCUT2D eigenvalue weighted by atomic mass is 9.92. The highest BCUT2D eigenvalue weighted by Crippen LogP contribution is 2.30. The summed E-state index contributed by atoms with van der Waals surface area (Å²) in [5.74, 6) is -0.694. The highest BCUT2D eigenvalue weighted by molar-refractivity contribution is 6.11. The molecule has 1 aliphatic rings. The number of carbonyl (C=O) groups is 3. The molecule has 1 aliphatic heterocycles. The fraction of sp³-hybridized carbons (Fsp3) is 0.222. The number of ether oxygens (including phenoxy) is 1. The maximum Gasteiger partial charge on any atom is 0.344 e. The zero-order valence-corrected chi connectivity index (χ0v) is 20.9. The van der Waals surface area contributed by atoms with Gasteiger partial charge in [0.2, 0.25) is 0 Å². The number of imide groups is 1. The van der Waals surface area contributed by atoms with Crippen LogP contribution in [0.1, 0.15) is 39.7 Å². The van der Waals surface area contributed by atoms with Gasteiger partial charge < -0.3 is 10.1 Å². The van der Waals surface area contributed by atoms with Crippen LogP contribution in [-0.2, 0) is 16.9 Å². The standard InChI is InChI=1S/C27H26N6O4/c1-16-8-10-18(11-9-16)15-32-23-22(14-28-32)21(12-17(2)29-23)24(34)31-33-25(35)27(3,30-26(33)36)19-6-5-7-20(13-19)37-4/h5-14H,15H2,1-4H3,(H,30,36)(H,31,34). The summed E-state index contributed by atoms with van der Waals surface area (Å²) < 4.78 is 6.97. The molecule has 5 rings (SSSR count). The Morgan fingerprint density at radius 3 is 2.59 bits per heavy atom. The number of rotatable bonds is 6. The van der Waals surface area contributed by atoms with Crippen LogP contribution in [0, 0.1) is 13.8 Å². The third-order valence-corrected chi connectivity index (χ3v) is 6.49. The number of urea groups is 1. The molecule has 1 saturated heterocycles. The number of hydrogen-bond donors (Lipinski definition) is 2. The van der Waals surface area contributed by atoms with Crippen molar-refractivity contribution >= 4 is 28.9 Å². The molecule has 4 amide bonds. The van der Waals surface area contributed by atoms with E-state index in [9.17, 15) is 14.4 Å². The number of nitrogens with one attached hydrogen (secondary N) is 2. The summed E-state index contributed by atoms with van der Waals surface area (Å²) >= 11 is 0. The molecular weight excluding hydrogens is 472 g/mol. The van der Waals surface area contributed by atoms with Crippen LogP contribution in [0.25, 0.3) is 11.0 Å². The molecule has 4 aromatic rings. The van der Waals surface area contributed by atoms with Gasteiger partial charge in [-0.1, -0.05) is 42.0 Å². The Kier molecular flexibility index (Phi) is 5.87. The predicted molar refractivity (Wildman–Crippen MR) is 136 cm³/mol. The van der Waals surface area contributed by atoms with E-state index in [4.69, 9.17) is 4.74 Å². The van der Waals surface area contributed by atoms with Gasteiger partial charge in [-0.2, -0.15) is 10.1 Å². The van der Waals surface area contributed by atoms with Gasteiger partial charge in [-0.05, 0) is 50.1 Å². The van der Waals surface area contributed by atoms with Crippen molar-refractivity contribution in [2.75, 3.05) is 7.11 Å². The first-order valence-electron chi connectivity index (χ1n) is 11.7. The van der Waals surface area contributed by atoms with E-state index in [1.165, 1.54) is 7.11 Å². The zero-order valence-electron chi connectivity index (χ0n) is 20.9. The number of benzene rings is 2. The molecule has 0 radical (unpaired) electrons. The van der Waals surface area contributed by atoms with Crippen LogP contribution in [0.4, 0.5) is 4.79 Å². The number of carbonyl (C=O) groups excluding carboxylic acids is 3. The number of methoxy groups -OCH3 is 1. The Labute approximate surface area is 213 Å². The second-order valence-corrected chi connectivity index (χ2v) is 9.20. The van der Waals surface area contributed by atoms with E-state index in [2.05, 4.69) is 20.8 Å². The van der Waals surface area contributed by atoms with Crippen LogP contribution in [0.3, 0.4) is 0 Å². The Morgan fingerprint density at radius 1 is 1.11 bits per heavy atom. The maximum absolute atomic E-state index is 13.3. The predicted octanol–water partition coefficient (Wildman–Crippen LogP) is 3.22. The van der Waals surface area contributed by atoms with Crippen LogP contribution < -0.4 is 15.5 Å². The van der Waals surface area contributed by atoms with Crippen molar-refractivity contribution in [1.82, 2.24) is 30.5 Å². The largest absolute Gasteiger partial charge is 0.497 e. The lowest BCUT2D eigenvalue weighted by Crippen LogP contribution is -2.48. The highest BCUT2D eigenvalue weighted by Gasteiger charge is 2.50. The molecular formula is C27H26N6O4. The molecule has 3 heterocycles. The molecule has 188 valence electrons. The summed E-state index contributed by atoms with van der Waals surface area (Å²) in [6.07, 6.45) is 1.57. The number of nitrogens with zero attached hydrogens (tertiary/aromatic N) is 4. The van der Waals surface area contributed by atoms with Gasteiger partial charge in [0.05, 0.1) is 30.8 Å². The summed E-state index contributed by atoms with van der Waals surface area (Å²) in [6, 6.07) is 15.8. The van der Waals surface area contributed by atoms with E-state index in [0.717, 1.165) is 11.1 Å². The van der Waals surface area contributed by atoms with Gasteiger partial charge >= 0.3 is 6.03 Å². The fourth-order valence-corrected chi connectivity index (χ4v) is 4.37. The van der Waals surface area contributed by atoms with E-state index >= 15 is 0 Å². The van der Waals surface area contributed by atoms with Crippen molar-refractivity contribution in [2.24, 2.45) is 0 Å². The third kappa shape index (κ3) is 4.26. The Hall–Kier alpha value is -4.73. The van der Waals surface area contributed by atoms with Crippen LogP contribution >= 0.6 is 0 Å². The first-order chi connectivity index (χ1) is 17.7. The molecule has 1 fully saturated rings. The molecule has 37 heavy (non-hydrogen) atoms. The van der Waals surface area contributed by atoms with Crippen molar-refractivity contribution < 1.29 is 19.1 Å². The lowest BCUT2D eigenvalue weighted by Gasteiger charge is -2.22. The normalized spacial score (nSPS) is 17.2. The first kappa shape index (κ1) is 24.0. The highest BCUT2D eigenvalue weighted by atomic mass is 16.5. The summed E-state index contributed by atoms with van der Waals surface area (Å²) in [5.41, 5.74) is 5.21. The number of hydrogen-bond acceptors (Lipinski definition) is 6. The van der Waals surface area contributed by atoms with Crippen LogP contribution in [0.2, 0.25) is 0 Å². The Morgan fingerprint density at radius 2 is 1.86 bits per heavy atom. The van der Waals surface area contributed by atoms with E-state index in [-0.39, 0.29) is 5.56 Å². The maximum atomic E-state index is 13.3. The Balaban J connectivity index is 1.42. The van der Waals surface area contributed by atoms with Gasteiger partial charge in [0, 0.05) is 5.69 Å². The van der Waals surface area contributed by atoms with Crippen LogP contribution in [0.5, 0.6) is 5.75 Å². The molecule has 1 atom stereocenters. The van der Waals surface area contributed by atoms with Crippen molar-refractivity contribution in [3.63, 3.8) is 0 Å². The molecule has 0 aliphatic carbocycles. The molecule has 2 aromatic heterocycles. The van der Waals surface area contributed by atoms with Crippen LogP contribution in [0.15, 0.2) is 60.8 Å². The van der Waals surface area contributed by atoms with Gasteiger partial charge in [0.15, 0.2) is 5.65 Å². The van der Waals surface area contributed by atoms with E-state index < -0.39 is 23.4 Å². The molecule has 2 aromatic carbocycles. The average Bonchev–Trinajstić information content (AvgIpc) is 3.38. The summed E-state index contributed by atoms with van der Waals surface area (Å²) in [4.78, 5) is 44.0. The van der Waals surface area contributed by atoms with Crippen molar-refractivity contribution in [2.45, 2.75) is 32.9 Å². The van der Waals surface area contributed by atoms with Gasteiger partial charge in [0.25, 0.3) is 11.8 Å². The SMILES string of the molecule is COc1cccc(C2(C)NC(=O)N(NC(=O)c3cc(C)nc4c3cnn4Cc3ccc(C)cc3)C2=O)c1. The van der Waals surface area contributed by atoms with Crippen LogP contribution in [-0.4, -0.2) is 44.7 Å². The second-order valence-electron chi connectivity index (χ2n) is 9.20. The molecule has 0 spiro atoms. The molecule has 10 heteroatoms. The molecule has 2 N–H and O–H groups in total. The minimum Gasteiger partial charge on any atom is -0.497 e. The minimum absolute atomic E-state index is 0.258. The summed E-state index contributed by atoms with van der Waals surface area (Å²) in [7, 11) is 1.52. The fourth-order valence-electron chi connectivity index (χ4n) is 4.37.